The molecule has 1 unspecified atom stereocenters. The monoisotopic (exact) mass is 468 g/mol. The summed E-state index contributed by atoms with van der Waals surface area (Å²) in [4.78, 5) is 26.5. The number of aryl methyl sites for hydroxylation is 1. The highest BCUT2D eigenvalue weighted by molar-refractivity contribution is 5.69. The second-order valence-electron chi connectivity index (χ2n) is 9.34. The molecule has 34 heavy (non-hydrogen) atoms. The Balaban J connectivity index is 1.75. The van der Waals surface area contributed by atoms with Gasteiger partial charge in [0.1, 0.15) is 18.0 Å². The summed E-state index contributed by atoms with van der Waals surface area (Å²) in [6, 6.07) is 16.1. The van der Waals surface area contributed by atoms with Crippen molar-refractivity contribution in [2.24, 2.45) is 0 Å². The minimum atomic E-state index is -0.541. The number of amides is 2. The molecule has 7 heteroatoms. The summed E-state index contributed by atoms with van der Waals surface area (Å²) < 4.78 is 16.6. The molecule has 184 valence electrons. The van der Waals surface area contributed by atoms with E-state index in [4.69, 9.17) is 14.2 Å². The number of fused-ring (bicyclic) bond motifs is 1. The van der Waals surface area contributed by atoms with Crippen LogP contribution in [0, 0.1) is 0 Å². The Kier molecular flexibility index (Phi) is 8.79. The second kappa shape index (κ2) is 11.8. The number of benzene rings is 2. The Hall–Kier alpha value is -3.22. The topological polar surface area (TPSA) is 77.1 Å². The van der Waals surface area contributed by atoms with E-state index in [9.17, 15) is 9.59 Å². The Labute approximate surface area is 202 Å². The number of hydrogen-bond donors (Lipinski definition) is 1. The van der Waals surface area contributed by atoms with Crippen molar-refractivity contribution in [3.05, 3.63) is 65.2 Å². The van der Waals surface area contributed by atoms with Crippen LogP contribution in [0.4, 0.5) is 9.59 Å². The molecule has 0 spiro atoms. The van der Waals surface area contributed by atoms with Gasteiger partial charge in [0, 0.05) is 6.54 Å². The number of carbonyl (C=O) groups is 2. The molecule has 1 aliphatic heterocycles. The maximum atomic E-state index is 12.8. The fourth-order valence-electron chi connectivity index (χ4n) is 4.08. The minimum absolute atomic E-state index is 0.151. The molecule has 0 fully saturated rings. The lowest BCUT2D eigenvalue weighted by molar-refractivity contribution is 0.0520. The average Bonchev–Trinajstić information content (AvgIpc) is 2.96. The lowest BCUT2D eigenvalue weighted by Gasteiger charge is -2.30. The first-order valence-electron chi connectivity index (χ1n) is 12.0. The number of alkyl carbamates (subject to hydrolysis) is 1. The summed E-state index contributed by atoms with van der Waals surface area (Å²) in [5, 5.41) is 2.70. The first kappa shape index (κ1) is 25.4. The van der Waals surface area contributed by atoms with Crippen LogP contribution in [0.25, 0.3) is 0 Å². The molecule has 0 radical (unpaired) electrons. The molecule has 0 aliphatic carbocycles. The molecular formula is C27H36N2O5. The molecule has 2 aromatic rings. The summed E-state index contributed by atoms with van der Waals surface area (Å²) >= 11 is 0. The van der Waals surface area contributed by atoms with Crippen molar-refractivity contribution in [2.75, 3.05) is 26.3 Å². The first-order valence-corrected chi connectivity index (χ1v) is 12.0. The van der Waals surface area contributed by atoms with Crippen LogP contribution < -0.4 is 10.1 Å². The number of nitrogens with one attached hydrogen (secondary N) is 1. The molecule has 1 aliphatic rings. The van der Waals surface area contributed by atoms with E-state index in [1.807, 2.05) is 62.9 Å². The normalized spacial score (nSPS) is 15.6. The Morgan fingerprint density at radius 2 is 1.88 bits per heavy atom. The lowest BCUT2D eigenvalue weighted by atomic mass is 9.93. The molecule has 1 N–H and O–H groups in total. The van der Waals surface area contributed by atoms with Crippen LogP contribution in [0.2, 0.25) is 0 Å². The summed E-state index contributed by atoms with van der Waals surface area (Å²) in [6.07, 6.45) is 1.69. The van der Waals surface area contributed by atoms with Crippen molar-refractivity contribution in [1.82, 2.24) is 10.2 Å². The van der Waals surface area contributed by atoms with Crippen LogP contribution in [0.15, 0.2) is 48.5 Å². The third-order valence-corrected chi connectivity index (χ3v) is 5.51. The van der Waals surface area contributed by atoms with Crippen LogP contribution in [-0.2, 0) is 22.3 Å². The van der Waals surface area contributed by atoms with Gasteiger partial charge in [0.2, 0.25) is 0 Å². The van der Waals surface area contributed by atoms with Crippen molar-refractivity contribution in [2.45, 2.75) is 58.6 Å². The summed E-state index contributed by atoms with van der Waals surface area (Å²) in [7, 11) is 0. The number of carbonyl (C=O) groups excluding carboxylic acids is 2. The van der Waals surface area contributed by atoms with Crippen molar-refractivity contribution in [1.29, 1.82) is 0 Å². The van der Waals surface area contributed by atoms with E-state index in [2.05, 4.69) is 23.5 Å². The van der Waals surface area contributed by atoms with E-state index in [-0.39, 0.29) is 12.1 Å². The molecule has 0 bridgehead atoms. The maximum absolute atomic E-state index is 12.8. The quantitative estimate of drug-likeness (QED) is 0.560. The van der Waals surface area contributed by atoms with Crippen LogP contribution in [0.3, 0.4) is 0 Å². The fraction of sp³-hybridized carbons (Fsp3) is 0.481. The number of nitrogens with zero attached hydrogens (tertiary/aromatic N) is 1. The molecule has 0 saturated heterocycles. The van der Waals surface area contributed by atoms with E-state index in [1.165, 1.54) is 5.56 Å². The minimum Gasteiger partial charge on any atom is -0.492 e. The van der Waals surface area contributed by atoms with Gasteiger partial charge in [-0.2, -0.15) is 0 Å². The van der Waals surface area contributed by atoms with Gasteiger partial charge in [0.05, 0.1) is 19.2 Å². The van der Waals surface area contributed by atoms with Gasteiger partial charge in [0.25, 0.3) is 0 Å². The summed E-state index contributed by atoms with van der Waals surface area (Å²) in [5.74, 6) is 0.702. The van der Waals surface area contributed by atoms with Gasteiger partial charge >= 0.3 is 12.2 Å². The highest BCUT2D eigenvalue weighted by atomic mass is 16.6. The zero-order valence-electron chi connectivity index (χ0n) is 20.6. The van der Waals surface area contributed by atoms with E-state index in [0.717, 1.165) is 24.0 Å². The molecule has 3 rings (SSSR count). The number of ether oxygens (including phenoxy) is 3. The Morgan fingerprint density at radius 3 is 2.59 bits per heavy atom. The zero-order chi connectivity index (χ0) is 24.6. The van der Waals surface area contributed by atoms with Crippen LogP contribution in [-0.4, -0.2) is 49.0 Å². The van der Waals surface area contributed by atoms with Gasteiger partial charge < -0.3 is 24.4 Å². The third-order valence-electron chi connectivity index (χ3n) is 5.51. The third kappa shape index (κ3) is 7.40. The maximum Gasteiger partial charge on any atom is 0.410 e. The van der Waals surface area contributed by atoms with E-state index < -0.39 is 11.7 Å². The Bertz CT molecular complexity index is 955. The van der Waals surface area contributed by atoms with Gasteiger partial charge in [-0.1, -0.05) is 36.4 Å². The largest absolute Gasteiger partial charge is 0.492 e. The van der Waals surface area contributed by atoms with Crippen molar-refractivity contribution >= 4 is 12.2 Å². The van der Waals surface area contributed by atoms with E-state index in [0.29, 0.717) is 38.5 Å². The van der Waals surface area contributed by atoms with Gasteiger partial charge in [-0.05, 0) is 75.8 Å². The van der Waals surface area contributed by atoms with Crippen LogP contribution >= 0.6 is 0 Å². The predicted molar refractivity (Wildman–Crippen MR) is 131 cm³/mol. The summed E-state index contributed by atoms with van der Waals surface area (Å²) in [5.41, 5.74) is 2.90. The molecule has 2 amide bonds. The van der Waals surface area contributed by atoms with Gasteiger partial charge in [-0.25, -0.2) is 9.59 Å². The van der Waals surface area contributed by atoms with E-state index >= 15 is 0 Å². The highest BCUT2D eigenvalue weighted by Crippen LogP contribution is 2.34. The molecule has 0 saturated carbocycles. The second-order valence-corrected chi connectivity index (χ2v) is 9.34. The van der Waals surface area contributed by atoms with Crippen LogP contribution in [0.5, 0.6) is 5.75 Å². The Morgan fingerprint density at radius 1 is 1.12 bits per heavy atom. The smallest absolute Gasteiger partial charge is 0.410 e. The molecular weight excluding hydrogens is 432 g/mol. The fourth-order valence-corrected chi connectivity index (χ4v) is 4.08. The van der Waals surface area contributed by atoms with E-state index in [1.54, 1.807) is 0 Å². The van der Waals surface area contributed by atoms with Gasteiger partial charge in [0.15, 0.2) is 0 Å². The van der Waals surface area contributed by atoms with Crippen molar-refractivity contribution in [3.8, 4) is 5.75 Å². The predicted octanol–water partition coefficient (Wildman–Crippen LogP) is 5.28. The lowest BCUT2D eigenvalue weighted by Crippen LogP contribution is -2.36. The molecule has 7 nitrogen and oxygen atoms in total. The SMILES string of the molecule is CCOC(=O)N1CCCc2ccc(OCCNC(=O)OC(C)(C)C)cc2C1Cc1ccccc1. The molecule has 0 aromatic heterocycles. The average molecular weight is 469 g/mol. The highest BCUT2D eigenvalue weighted by Gasteiger charge is 2.30. The number of hydrogen-bond acceptors (Lipinski definition) is 5. The molecule has 1 heterocycles. The van der Waals surface area contributed by atoms with Crippen LogP contribution in [0.1, 0.15) is 56.8 Å². The summed E-state index contributed by atoms with van der Waals surface area (Å²) in [6.45, 7) is 8.91. The van der Waals surface area contributed by atoms with Crippen molar-refractivity contribution < 1.29 is 23.8 Å². The van der Waals surface area contributed by atoms with Gasteiger partial charge in [-0.3, -0.25) is 0 Å². The van der Waals surface area contributed by atoms with Crippen molar-refractivity contribution in [3.63, 3.8) is 0 Å². The number of rotatable bonds is 7. The molecule has 2 aromatic carbocycles. The first-order chi connectivity index (χ1) is 16.3. The van der Waals surface area contributed by atoms with Gasteiger partial charge in [-0.15, -0.1) is 0 Å². The molecule has 1 atom stereocenters. The zero-order valence-corrected chi connectivity index (χ0v) is 20.6. The standard InChI is InChI=1S/C27H36N2O5/c1-5-32-26(31)29-16-9-12-21-13-14-22(33-17-15-28-25(30)34-27(2,3)4)19-23(21)24(29)18-20-10-7-6-8-11-20/h6-8,10-11,13-14,19,24H,5,9,12,15-18H2,1-4H3,(H,28,30).